The van der Waals surface area contributed by atoms with E-state index in [4.69, 9.17) is 4.74 Å². The van der Waals surface area contributed by atoms with Crippen molar-refractivity contribution in [2.24, 2.45) is 5.10 Å². The van der Waals surface area contributed by atoms with Gasteiger partial charge in [0.05, 0.1) is 23.8 Å². The first-order valence-electron chi connectivity index (χ1n) is 9.47. The summed E-state index contributed by atoms with van der Waals surface area (Å²) >= 11 is 3.44. The van der Waals surface area contributed by atoms with Gasteiger partial charge in [-0.05, 0) is 42.8 Å². The molecule has 0 N–H and O–H groups in total. The quantitative estimate of drug-likeness (QED) is 0.493. The highest BCUT2D eigenvalue weighted by Crippen LogP contribution is 2.40. The van der Waals surface area contributed by atoms with Gasteiger partial charge in [-0.1, -0.05) is 64.0 Å². The second kappa shape index (κ2) is 8.24. The van der Waals surface area contributed by atoms with Crippen molar-refractivity contribution in [3.05, 3.63) is 94.0 Å². The molecule has 0 aliphatic carbocycles. The summed E-state index contributed by atoms with van der Waals surface area (Å²) in [6.45, 7) is 1.92. The predicted octanol–water partition coefficient (Wildman–Crippen LogP) is 5.31. The van der Waals surface area contributed by atoms with Crippen LogP contribution in [0.15, 0.2) is 87.3 Å². The van der Waals surface area contributed by atoms with Gasteiger partial charge in [0, 0.05) is 16.5 Å². The van der Waals surface area contributed by atoms with E-state index in [1.165, 1.54) is 4.41 Å². The lowest BCUT2D eigenvalue weighted by atomic mass is 9.98. The first-order valence-corrected chi connectivity index (χ1v) is 11.7. The summed E-state index contributed by atoms with van der Waals surface area (Å²) in [5.41, 5.74) is 3.39. The summed E-state index contributed by atoms with van der Waals surface area (Å²) < 4.78 is 34.8. The maximum absolute atomic E-state index is 13.5. The second-order valence-corrected chi connectivity index (χ2v) is 9.82. The van der Waals surface area contributed by atoms with E-state index < -0.39 is 16.1 Å². The van der Waals surface area contributed by atoms with E-state index in [1.54, 1.807) is 31.4 Å². The number of halogens is 1. The van der Waals surface area contributed by atoms with Crippen molar-refractivity contribution < 1.29 is 13.2 Å². The number of rotatable bonds is 5. The minimum Gasteiger partial charge on any atom is -0.496 e. The van der Waals surface area contributed by atoms with Gasteiger partial charge in [0.25, 0.3) is 10.0 Å². The van der Waals surface area contributed by atoms with E-state index in [0.717, 1.165) is 21.2 Å². The SMILES string of the molecule is COc1ccccc1C1CC(c2ccc(Br)cc2)=NN1S(=O)(=O)c1ccc(C)cc1. The molecular formula is C23H21BrN2O3S. The van der Waals surface area contributed by atoms with Gasteiger partial charge < -0.3 is 4.74 Å². The first-order chi connectivity index (χ1) is 14.4. The molecule has 3 aromatic carbocycles. The van der Waals surface area contributed by atoms with Crippen LogP contribution in [0.4, 0.5) is 0 Å². The van der Waals surface area contributed by atoms with Crippen LogP contribution in [0.2, 0.25) is 0 Å². The van der Waals surface area contributed by atoms with Crippen LogP contribution < -0.4 is 4.74 Å². The Bertz CT molecular complexity index is 1190. The molecule has 7 heteroatoms. The molecule has 0 spiro atoms. The fourth-order valence-electron chi connectivity index (χ4n) is 3.52. The van der Waals surface area contributed by atoms with Gasteiger partial charge in [-0.15, -0.1) is 0 Å². The van der Waals surface area contributed by atoms with Crippen molar-refractivity contribution in [3.63, 3.8) is 0 Å². The molecule has 1 unspecified atom stereocenters. The van der Waals surface area contributed by atoms with Crippen molar-refractivity contribution in [1.29, 1.82) is 0 Å². The van der Waals surface area contributed by atoms with Gasteiger partial charge in [-0.3, -0.25) is 0 Å². The Morgan fingerprint density at radius 2 is 1.67 bits per heavy atom. The smallest absolute Gasteiger partial charge is 0.279 e. The zero-order valence-electron chi connectivity index (χ0n) is 16.6. The molecule has 5 nitrogen and oxygen atoms in total. The molecule has 1 heterocycles. The molecule has 0 saturated carbocycles. The Morgan fingerprint density at radius 3 is 2.33 bits per heavy atom. The van der Waals surface area contributed by atoms with E-state index in [2.05, 4.69) is 21.0 Å². The summed E-state index contributed by atoms with van der Waals surface area (Å²) in [5.74, 6) is 0.638. The van der Waals surface area contributed by atoms with E-state index >= 15 is 0 Å². The van der Waals surface area contributed by atoms with Crippen molar-refractivity contribution in [2.45, 2.75) is 24.3 Å². The maximum atomic E-state index is 13.5. The Kier molecular flexibility index (Phi) is 5.66. The molecule has 1 aliphatic heterocycles. The summed E-state index contributed by atoms with van der Waals surface area (Å²) in [7, 11) is -2.26. The van der Waals surface area contributed by atoms with Crippen LogP contribution in [0.1, 0.15) is 29.2 Å². The number of methoxy groups -OCH3 is 1. The molecule has 1 aliphatic rings. The molecule has 0 fully saturated rings. The van der Waals surface area contributed by atoms with Crippen LogP contribution in [-0.4, -0.2) is 25.7 Å². The Hall–Kier alpha value is -2.64. The van der Waals surface area contributed by atoms with E-state index in [9.17, 15) is 8.42 Å². The van der Waals surface area contributed by atoms with Crippen molar-refractivity contribution >= 4 is 31.7 Å². The van der Waals surface area contributed by atoms with Gasteiger partial charge in [0.15, 0.2) is 0 Å². The van der Waals surface area contributed by atoms with Gasteiger partial charge in [-0.2, -0.15) is 17.9 Å². The number of hydrogen-bond acceptors (Lipinski definition) is 4. The number of hydrazone groups is 1. The predicted molar refractivity (Wildman–Crippen MR) is 121 cm³/mol. The Labute approximate surface area is 185 Å². The molecule has 0 bridgehead atoms. The number of hydrogen-bond donors (Lipinski definition) is 0. The maximum Gasteiger partial charge on any atom is 0.279 e. The number of nitrogens with zero attached hydrogens (tertiary/aromatic N) is 2. The fraction of sp³-hybridized carbons (Fsp3) is 0.174. The van der Waals surface area contributed by atoms with Crippen molar-refractivity contribution in [1.82, 2.24) is 4.41 Å². The van der Waals surface area contributed by atoms with Crippen LogP contribution >= 0.6 is 15.9 Å². The number of aryl methyl sites for hydroxylation is 1. The number of ether oxygens (including phenoxy) is 1. The molecule has 3 aromatic rings. The van der Waals surface area contributed by atoms with E-state index in [1.807, 2.05) is 55.5 Å². The van der Waals surface area contributed by atoms with Crippen LogP contribution in [0.5, 0.6) is 5.75 Å². The molecule has 0 aromatic heterocycles. The Balaban J connectivity index is 1.83. The molecule has 154 valence electrons. The van der Waals surface area contributed by atoms with Gasteiger partial charge >= 0.3 is 0 Å². The zero-order valence-corrected chi connectivity index (χ0v) is 19.0. The highest BCUT2D eigenvalue weighted by Gasteiger charge is 2.38. The number of para-hydroxylation sites is 1. The molecule has 4 rings (SSSR count). The molecule has 30 heavy (non-hydrogen) atoms. The fourth-order valence-corrected chi connectivity index (χ4v) is 5.21. The highest BCUT2D eigenvalue weighted by atomic mass is 79.9. The number of benzene rings is 3. The topological polar surface area (TPSA) is 59.0 Å². The molecule has 0 saturated heterocycles. The van der Waals surface area contributed by atoms with Crippen LogP contribution in [0, 0.1) is 6.92 Å². The first kappa shape index (κ1) is 20.6. The molecule has 1 atom stereocenters. The lowest BCUT2D eigenvalue weighted by molar-refractivity contribution is 0.350. The average molecular weight is 485 g/mol. The van der Waals surface area contributed by atoms with Crippen molar-refractivity contribution in [3.8, 4) is 5.75 Å². The summed E-state index contributed by atoms with van der Waals surface area (Å²) in [5, 5.41) is 4.58. The van der Waals surface area contributed by atoms with Crippen LogP contribution in [-0.2, 0) is 10.0 Å². The third kappa shape index (κ3) is 3.87. The second-order valence-electron chi connectivity index (χ2n) is 7.11. The average Bonchev–Trinajstić information content (AvgIpc) is 3.21. The normalized spacial score (nSPS) is 16.4. The molecule has 0 amide bonds. The van der Waals surface area contributed by atoms with E-state index in [-0.39, 0.29) is 4.90 Å². The third-order valence-electron chi connectivity index (χ3n) is 5.11. The Morgan fingerprint density at radius 1 is 1.00 bits per heavy atom. The molecule has 0 radical (unpaired) electrons. The summed E-state index contributed by atoms with van der Waals surface area (Å²) in [6.07, 6.45) is 0.451. The summed E-state index contributed by atoms with van der Waals surface area (Å²) in [6, 6.07) is 21.5. The third-order valence-corrected chi connectivity index (χ3v) is 7.34. The van der Waals surface area contributed by atoms with E-state index in [0.29, 0.717) is 17.9 Å². The van der Waals surface area contributed by atoms with Gasteiger partial charge in [0.2, 0.25) is 0 Å². The highest BCUT2D eigenvalue weighted by molar-refractivity contribution is 9.10. The standard InChI is InChI=1S/C23H21BrN2O3S/c1-16-7-13-19(14-8-16)30(27,28)26-22(20-5-3-4-6-23(20)29-2)15-21(25-26)17-9-11-18(24)12-10-17/h3-14,22H,15H2,1-2H3. The zero-order chi connectivity index (χ0) is 21.3. The van der Waals surface area contributed by atoms with Gasteiger partial charge in [0.1, 0.15) is 5.75 Å². The lowest BCUT2D eigenvalue weighted by Gasteiger charge is -2.24. The minimum atomic E-state index is -3.85. The van der Waals surface area contributed by atoms with Crippen LogP contribution in [0.25, 0.3) is 0 Å². The number of sulfonamides is 1. The largest absolute Gasteiger partial charge is 0.496 e. The van der Waals surface area contributed by atoms with Gasteiger partial charge in [-0.25, -0.2) is 0 Å². The summed E-state index contributed by atoms with van der Waals surface area (Å²) in [4.78, 5) is 0.216. The lowest BCUT2D eigenvalue weighted by Crippen LogP contribution is -2.27. The molecular weight excluding hydrogens is 464 g/mol. The van der Waals surface area contributed by atoms with Crippen LogP contribution in [0.3, 0.4) is 0 Å². The minimum absolute atomic E-state index is 0.216. The monoisotopic (exact) mass is 484 g/mol. The van der Waals surface area contributed by atoms with Crippen molar-refractivity contribution in [2.75, 3.05) is 7.11 Å².